The maximum absolute atomic E-state index is 15.9. The number of para-hydroxylation sites is 1. The molecule has 0 unspecified atom stereocenters. The quantitative estimate of drug-likeness (QED) is 0.0161. The maximum atomic E-state index is 15.9. The molecule has 2 heterocycles. The Kier molecular flexibility index (Phi) is 41.1. The number of carbonyl (C=O) groups excluding carboxylic acids is 19. The lowest BCUT2D eigenvalue weighted by Crippen LogP contribution is -2.64. The predicted molar refractivity (Wildman–Crippen MR) is 465 cm³/mol. The van der Waals surface area contributed by atoms with Crippen LogP contribution in [0.5, 0.6) is 5.75 Å². The molecule has 1 aromatic heterocycles. The van der Waals surface area contributed by atoms with Gasteiger partial charge in [-0.05, 0) is 123 Å². The molecule has 4 aromatic carbocycles. The van der Waals surface area contributed by atoms with E-state index in [0.717, 1.165) is 31.0 Å². The van der Waals surface area contributed by atoms with Gasteiger partial charge in [-0.1, -0.05) is 72.8 Å². The zero-order chi connectivity index (χ0) is 95.4. The summed E-state index contributed by atoms with van der Waals surface area (Å²) in [7, 11) is 0. The summed E-state index contributed by atoms with van der Waals surface area (Å²) in [6, 6.07) is 2.95. The van der Waals surface area contributed by atoms with Gasteiger partial charge in [0.25, 0.3) is 0 Å². The normalized spacial score (nSPS) is 18.6. The number of aliphatic hydroxyl groups is 1. The molecule has 5 aromatic rings. The fourth-order valence-corrected chi connectivity index (χ4v) is 14.7. The van der Waals surface area contributed by atoms with Crippen molar-refractivity contribution < 1.29 is 111 Å². The molecule has 1 aliphatic rings. The molecule has 1 saturated heterocycles. The third-order valence-corrected chi connectivity index (χ3v) is 21.7. The highest BCUT2D eigenvalue weighted by Crippen LogP contribution is 2.24. The van der Waals surface area contributed by atoms with Crippen LogP contribution in [-0.4, -0.2) is 249 Å². The van der Waals surface area contributed by atoms with Crippen LogP contribution in [0.2, 0.25) is 0 Å². The van der Waals surface area contributed by atoms with Crippen molar-refractivity contribution in [2.24, 2.45) is 45.9 Å². The van der Waals surface area contributed by atoms with Crippen LogP contribution in [0.4, 0.5) is 0 Å². The Bertz CT molecular complexity index is 4900. The number of carbonyl (C=O) groups is 20. The molecule has 0 radical (unpaired) electrons. The number of unbranched alkanes of at least 4 members (excludes halogenated alkanes) is 1. The molecule has 1 aliphatic heterocycles. The van der Waals surface area contributed by atoms with Gasteiger partial charge in [0.15, 0.2) is 0 Å². The Hall–Kier alpha value is -13.9. The topological polar surface area (TPSA) is 771 Å². The molecule has 0 spiro atoms. The second-order valence-electron chi connectivity index (χ2n) is 31.1. The molecule has 14 atom stereocenters. The van der Waals surface area contributed by atoms with Crippen molar-refractivity contribution in [1.82, 2.24) is 74.1 Å². The molecule has 700 valence electrons. The summed E-state index contributed by atoms with van der Waals surface area (Å²) in [6.45, 7) is 3.59. The summed E-state index contributed by atoms with van der Waals surface area (Å²) < 4.78 is 5.72. The monoisotopic (exact) mass is 1820 g/mol. The first-order chi connectivity index (χ1) is 61.1. The van der Waals surface area contributed by atoms with Crippen LogP contribution in [0.1, 0.15) is 127 Å². The number of aliphatic hydroxyl groups excluding tert-OH is 1. The van der Waals surface area contributed by atoms with E-state index >= 15 is 28.8 Å². The van der Waals surface area contributed by atoms with E-state index in [-0.39, 0.29) is 44.7 Å². The molecule has 45 nitrogen and oxygen atoms in total. The number of aromatic amines is 1. The minimum atomic E-state index is -2.18. The van der Waals surface area contributed by atoms with Gasteiger partial charge in [0, 0.05) is 81.3 Å². The molecule has 46 heteroatoms. The second kappa shape index (κ2) is 51.0. The average Bonchev–Trinajstić information content (AvgIpc) is 1.59. The van der Waals surface area contributed by atoms with Crippen LogP contribution in [0.15, 0.2) is 97.2 Å². The Balaban J connectivity index is 1.51. The minimum Gasteiger partial charge on any atom is -0.492 e. The zero-order valence-corrected chi connectivity index (χ0v) is 72.1. The smallest absolute Gasteiger partial charge is 0.303 e. The number of ether oxygens (including phenoxy) is 1. The number of primary amides is 6. The highest BCUT2D eigenvalue weighted by molar-refractivity contribution is 7.99. The van der Waals surface area contributed by atoms with E-state index in [0.29, 0.717) is 38.7 Å². The molecule has 19 amide bonds. The molecule has 32 N–H and O–H groups in total. The SMILES string of the molecule is CC(=O)N[C@H](CCC(N)=O)C(=O)N[C@H]1CCSC[C@@H](C(=O)N[C@@H](Cc2ccc(OCCN)cc2)C(=O)N[C@@H](Cc2ccc3ccccc3c2)C(=O)N[C@@](C)(CCCCN)C(=O)N[C@@H](CCC(=O)O)C(=O)N[C@@H](CC(N)=O)C(=O)N[C@@H](CC(N)=O)C(N)=O)NC(=O)[C@H](CCC(N)=O)NC(=O)[C@H](Cc2c[nH]c3ccccc23)NC(=O)[C@H]([C@@H](C)O)NC(=O)[C@H](CCC(N)=O)NC1=O. The number of carboxylic acids is 1. The standard InChI is InChI=1S/C83H114N22O23S/c1-42(106)69-81(126)101-60(37-48-40-92-51-13-7-6-12-50(48)51)77(122)95-53(21-25-64(87)109)72(117)102-62(41-129-33-28-56(74(119)94-54(75(120)104-69)22-26-65(88)110)96-71(116)52(93-43(2)107)20-24-63(86)108)79(124)98-58(35-44-15-18-49(19-16-44)128-32-31-85)76(121)99-59(36-45-14-17-46-10-4-5-11-47(46)34-45)80(125)105-83(3,29-8-9-30-84)82(127)103-55(23-27-68(113)114)73(118)100-61(39-67(90)112)78(123)97-57(70(91)115)38-66(89)111/h4-7,10-19,34,40,42,52-62,69,92,106H,8-9,20-33,35-39,41,84-85H2,1-3H3,(H2,86,108)(H2,87,109)(H2,88,110)(H2,89,111)(H2,90,112)(H2,91,115)(H,93,107)(H,94,119)(H,95,122)(H,96,116)(H,97,123)(H,98,124)(H,99,121)(H,100,118)(H,101,126)(H,102,117)(H,103,127)(H,104,120)(H,105,125)(H,113,114)/t42-,52-,53+,54+,55+,56+,57+,58+,59+,60+,61+,62+,69+,83+/m1/s1. The first-order valence-electron chi connectivity index (χ1n) is 41.3. The lowest BCUT2D eigenvalue weighted by molar-refractivity contribution is -0.140. The fourth-order valence-electron chi connectivity index (χ4n) is 13.7. The summed E-state index contributed by atoms with van der Waals surface area (Å²) >= 11 is 0.805. The van der Waals surface area contributed by atoms with Gasteiger partial charge in [-0.3, -0.25) is 95.9 Å². The number of carboxylic acid groups (broad SMARTS) is 1. The third kappa shape index (κ3) is 34.4. The number of hydrogen-bond acceptors (Lipinski definition) is 25. The Labute approximate surface area is 744 Å². The van der Waals surface area contributed by atoms with Crippen molar-refractivity contribution in [3.63, 3.8) is 0 Å². The Morgan fingerprint density at radius 3 is 1.70 bits per heavy atom. The Morgan fingerprint density at radius 1 is 0.543 bits per heavy atom. The summed E-state index contributed by atoms with van der Waals surface area (Å²) in [4.78, 5) is 281. The molecule has 6 rings (SSSR count). The van der Waals surface area contributed by atoms with Crippen LogP contribution in [0, 0.1) is 0 Å². The lowest BCUT2D eigenvalue weighted by atomic mass is 9.91. The third-order valence-electron chi connectivity index (χ3n) is 20.6. The average molecular weight is 1820 g/mol. The minimum absolute atomic E-state index is 0.0377. The highest BCUT2D eigenvalue weighted by atomic mass is 32.2. The number of aliphatic carboxylic acids is 1. The molecule has 0 saturated carbocycles. The van der Waals surface area contributed by atoms with Gasteiger partial charge < -0.3 is 135 Å². The zero-order valence-electron chi connectivity index (χ0n) is 71.3. The van der Waals surface area contributed by atoms with Crippen LogP contribution >= 0.6 is 11.8 Å². The van der Waals surface area contributed by atoms with E-state index in [4.69, 9.17) is 50.6 Å². The van der Waals surface area contributed by atoms with E-state index in [1.807, 2.05) is 0 Å². The number of nitrogens with one attached hydrogen (secondary N) is 14. The molecule has 0 bridgehead atoms. The van der Waals surface area contributed by atoms with Crippen molar-refractivity contribution in [3.05, 3.63) is 114 Å². The van der Waals surface area contributed by atoms with Gasteiger partial charge in [0.1, 0.15) is 90.4 Å². The maximum Gasteiger partial charge on any atom is 0.303 e. The number of thioether (sulfide) groups is 1. The highest BCUT2D eigenvalue weighted by Gasteiger charge is 2.43. The number of hydrogen-bond donors (Lipinski definition) is 24. The first kappa shape index (κ1) is 104. The second-order valence-corrected chi connectivity index (χ2v) is 32.3. The Morgan fingerprint density at radius 2 is 1.09 bits per heavy atom. The van der Waals surface area contributed by atoms with Gasteiger partial charge in [-0.15, -0.1) is 0 Å². The van der Waals surface area contributed by atoms with E-state index in [2.05, 4.69) is 74.1 Å². The van der Waals surface area contributed by atoms with Crippen LogP contribution in [0.3, 0.4) is 0 Å². The van der Waals surface area contributed by atoms with Crippen molar-refractivity contribution >= 4 is 152 Å². The largest absolute Gasteiger partial charge is 0.492 e. The van der Waals surface area contributed by atoms with Gasteiger partial charge >= 0.3 is 5.97 Å². The molecule has 129 heavy (non-hydrogen) atoms. The number of amides is 19. The number of H-pyrrole nitrogens is 1. The van der Waals surface area contributed by atoms with Crippen molar-refractivity contribution in [2.45, 2.75) is 214 Å². The predicted octanol–water partition coefficient (Wildman–Crippen LogP) is -7.06. The van der Waals surface area contributed by atoms with Crippen molar-refractivity contribution in [2.75, 3.05) is 31.2 Å². The van der Waals surface area contributed by atoms with E-state index in [1.54, 1.807) is 66.7 Å². The number of rotatable bonds is 46. The van der Waals surface area contributed by atoms with Gasteiger partial charge in [-0.2, -0.15) is 11.8 Å². The van der Waals surface area contributed by atoms with E-state index < -0.39 is 298 Å². The van der Waals surface area contributed by atoms with Crippen LogP contribution in [0.25, 0.3) is 21.7 Å². The van der Waals surface area contributed by atoms with Gasteiger partial charge in [0.05, 0.1) is 18.9 Å². The van der Waals surface area contributed by atoms with E-state index in [9.17, 15) is 77.3 Å². The summed E-state index contributed by atoms with van der Waals surface area (Å²) in [5.74, 6) is -23.5. The molecule has 0 aliphatic carbocycles. The lowest BCUT2D eigenvalue weighted by Gasteiger charge is -2.34. The van der Waals surface area contributed by atoms with E-state index in [1.165, 1.54) is 37.4 Å². The number of aromatic nitrogens is 1. The first-order valence-corrected chi connectivity index (χ1v) is 42.5. The van der Waals surface area contributed by atoms with Crippen LogP contribution in [-0.2, 0) is 115 Å². The molecule has 1 fully saturated rings. The summed E-state index contributed by atoms with van der Waals surface area (Å²) in [5, 5.41) is 55.3. The van der Waals surface area contributed by atoms with Gasteiger partial charge in [0.2, 0.25) is 112 Å². The fraction of sp³-hybridized carbons (Fsp3) is 0.470. The van der Waals surface area contributed by atoms with Crippen LogP contribution < -0.4 is 120 Å². The number of benzene rings is 4. The van der Waals surface area contributed by atoms with Gasteiger partial charge in [-0.25, -0.2) is 0 Å². The molecular weight excluding hydrogens is 1710 g/mol. The molecular formula is C83H114N22O23S. The summed E-state index contributed by atoms with van der Waals surface area (Å²) in [5.41, 5.74) is 43.8. The number of fused-ring (bicyclic) bond motifs is 2. The van der Waals surface area contributed by atoms with Crippen molar-refractivity contribution in [3.8, 4) is 5.75 Å². The number of nitrogens with two attached hydrogens (primary N) is 8. The summed E-state index contributed by atoms with van der Waals surface area (Å²) in [6.07, 6.45) is -8.76. The van der Waals surface area contributed by atoms with Crippen molar-refractivity contribution in [1.29, 1.82) is 0 Å².